The maximum atomic E-state index is 5.87. The van der Waals surface area contributed by atoms with E-state index < -0.39 is 0 Å². The van der Waals surface area contributed by atoms with Crippen LogP contribution in [-0.2, 0) is 6.42 Å². The fourth-order valence-electron chi connectivity index (χ4n) is 1.79. The summed E-state index contributed by atoms with van der Waals surface area (Å²) in [6.07, 6.45) is 0.965. The Bertz CT molecular complexity index is 519. The number of hydrogen-bond acceptors (Lipinski definition) is 4. The van der Waals surface area contributed by atoms with E-state index in [0.29, 0.717) is 10.8 Å². The third-order valence-corrected chi connectivity index (χ3v) is 3.73. The van der Waals surface area contributed by atoms with Crippen LogP contribution in [0.15, 0.2) is 24.3 Å². The summed E-state index contributed by atoms with van der Waals surface area (Å²) in [5.74, 6) is 0.723. The molecule has 0 spiro atoms. The second-order valence-corrected chi connectivity index (χ2v) is 6.13. The molecule has 3 nitrogen and oxygen atoms in total. The molecule has 0 aliphatic rings. The zero-order valence-corrected chi connectivity index (χ0v) is 12.0. The van der Waals surface area contributed by atoms with Crippen LogP contribution < -0.4 is 11.1 Å². The van der Waals surface area contributed by atoms with Crippen LogP contribution in [0.2, 0.25) is 5.15 Å². The highest BCUT2D eigenvalue weighted by molar-refractivity contribution is 7.11. The molecule has 0 amide bonds. The van der Waals surface area contributed by atoms with E-state index in [1.165, 1.54) is 9.75 Å². The van der Waals surface area contributed by atoms with Gasteiger partial charge in [-0.2, -0.15) is 0 Å². The number of halogens is 1. The van der Waals surface area contributed by atoms with Crippen molar-refractivity contribution in [2.45, 2.75) is 26.3 Å². The molecule has 0 aliphatic carbocycles. The standard InChI is InChI=1S/C13H16ClN3S/c1-8(5-11-4-3-9(2)18-11)16-13-7-10(15)6-12(14)17-13/h3-4,6-8H,5H2,1-2H3,(H3,15,16,17). The number of rotatable bonds is 4. The van der Waals surface area contributed by atoms with Gasteiger partial charge in [0.1, 0.15) is 11.0 Å². The topological polar surface area (TPSA) is 50.9 Å². The molecule has 0 saturated heterocycles. The van der Waals surface area contributed by atoms with Crippen molar-refractivity contribution in [3.05, 3.63) is 39.2 Å². The minimum absolute atomic E-state index is 0.286. The smallest absolute Gasteiger partial charge is 0.133 e. The van der Waals surface area contributed by atoms with Gasteiger partial charge in [-0.05, 0) is 32.0 Å². The molecule has 2 aromatic rings. The molecule has 5 heteroatoms. The van der Waals surface area contributed by atoms with Gasteiger partial charge >= 0.3 is 0 Å². The molecular formula is C13H16ClN3S. The molecule has 2 rings (SSSR count). The summed E-state index contributed by atoms with van der Waals surface area (Å²) in [7, 11) is 0. The lowest BCUT2D eigenvalue weighted by Crippen LogP contribution is -2.18. The Morgan fingerprint density at radius 3 is 2.83 bits per heavy atom. The number of nitrogen functional groups attached to an aromatic ring is 1. The first-order valence-electron chi connectivity index (χ1n) is 5.78. The molecule has 0 saturated carbocycles. The number of aryl methyl sites for hydroxylation is 1. The number of nitrogens with one attached hydrogen (secondary N) is 1. The van der Waals surface area contributed by atoms with Crippen LogP contribution in [-0.4, -0.2) is 11.0 Å². The zero-order valence-electron chi connectivity index (χ0n) is 10.4. The second kappa shape index (κ2) is 5.59. The number of pyridine rings is 1. The first kappa shape index (κ1) is 13.2. The molecule has 0 radical (unpaired) electrons. The van der Waals surface area contributed by atoms with Gasteiger partial charge in [-0.15, -0.1) is 11.3 Å². The van der Waals surface area contributed by atoms with E-state index in [4.69, 9.17) is 17.3 Å². The molecular weight excluding hydrogens is 266 g/mol. The van der Waals surface area contributed by atoms with Gasteiger partial charge in [0, 0.05) is 34.0 Å². The molecule has 0 aromatic carbocycles. The maximum Gasteiger partial charge on any atom is 0.133 e. The van der Waals surface area contributed by atoms with Crippen LogP contribution in [0.4, 0.5) is 11.5 Å². The van der Waals surface area contributed by atoms with Gasteiger partial charge in [0.05, 0.1) is 0 Å². The van der Waals surface area contributed by atoms with Gasteiger partial charge in [-0.3, -0.25) is 0 Å². The molecule has 96 valence electrons. The fraction of sp³-hybridized carbons (Fsp3) is 0.308. The lowest BCUT2D eigenvalue weighted by molar-refractivity contribution is 0.795. The summed E-state index contributed by atoms with van der Waals surface area (Å²) in [6, 6.07) is 8.02. The van der Waals surface area contributed by atoms with Gasteiger partial charge in [-0.25, -0.2) is 4.98 Å². The lowest BCUT2D eigenvalue weighted by atomic mass is 10.2. The highest BCUT2D eigenvalue weighted by Crippen LogP contribution is 2.20. The van der Waals surface area contributed by atoms with E-state index >= 15 is 0 Å². The SMILES string of the molecule is Cc1ccc(CC(C)Nc2cc(N)cc(Cl)n2)s1. The average molecular weight is 282 g/mol. The van der Waals surface area contributed by atoms with Crippen LogP contribution in [0.25, 0.3) is 0 Å². The van der Waals surface area contributed by atoms with Gasteiger partial charge in [0.15, 0.2) is 0 Å². The Balaban J connectivity index is 2.00. The zero-order chi connectivity index (χ0) is 13.1. The molecule has 3 N–H and O–H groups in total. The Morgan fingerprint density at radius 1 is 1.44 bits per heavy atom. The molecule has 0 aliphatic heterocycles. The minimum atomic E-state index is 0.286. The van der Waals surface area contributed by atoms with Gasteiger partial charge in [0.25, 0.3) is 0 Å². The molecule has 1 unspecified atom stereocenters. The average Bonchev–Trinajstić information content (AvgIpc) is 2.61. The first-order valence-corrected chi connectivity index (χ1v) is 6.97. The minimum Gasteiger partial charge on any atom is -0.399 e. The Morgan fingerprint density at radius 2 is 2.22 bits per heavy atom. The first-order chi connectivity index (χ1) is 8.52. The van der Waals surface area contributed by atoms with E-state index in [2.05, 4.69) is 36.3 Å². The monoisotopic (exact) mass is 281 g/mol. The number of thiophene rings is 1. The van der Waals surface area contributed by atoms with Crippen molar-refractivity contribution in [1.82, 2.24) is 4.98 Å². The molecule has 2 heterocycles. The van der Waals surface area contributed by atoms with Crippen molar-refractivity contribution in [2.24, 2.45) is 0 Å². The summed E-state index contributed by atoms with van der Waals surface area (Å²) in [5, 5.41) is 3.73. The molecule has 1 atom stereocenters. The highest BCUT2D eigenvalue weighted by Gasteiger charge is 2.07. The van der Waals surface area contributed by atoms with E-state index in [9.17, 15) is 0 Å². The predicted molar refractivity (Wildman–Crippen MR) is 79.5 cm³/mol. The van der Waals surface area contributed by atoms with E-state index in [-0.39, 0.29) is 6.04 Å². The van der Waals surface area contributed by atoms with Crippen molar-refractivity contribution in [3.63, 3.8) is 0 Å². The van der Waals surface area contributed by atoms with Crippen molar-refractivity contribution in [3.8, 4) is 0 Å². The molecule has 0 fully saturated rings. The van der Waals surface area contributed by atoms with Gasteiger partial charge in [-0.1, -0.05) is 11.6 Å². The maximum absolute atomic E-state index is 5.87. The van der Waals surface area contributed by atoms with Crippen molar-refractivity contribution < 1.29 is 0 Å². The summed E-state index contributed by atoms with van der Waals surface area (Å²) in [4.78, 5) is 6.90. The molecule has 18 heavy (non-hydrogen) atoms. The summed E-state index contributed by atoms with van der Waals surface area (Å²) >= 11 is 7.69. The molecule has 0 bridgehead atoms. The fourth-order valence-corrected chi connectivity index (χ4v) is 3.03. The normalized spacial score (nSPS) is 12.4. The summed E-state index contributed by atoms with van der Waals surface area (Å²) in [5.41, 5.74) is 6.35. The van der Waals surface area contributed by atoms with E-state index in [0.717, 1.165) is 12.2 Å². The van der Waals surface area contributed by atoms with Crippen molar-refractivity contribution in [1.29, 1.82) is 0 Å². The number of aromatic nitrogens is 1. The third-order valence-electron chi connectivity index (χ3n) is 2.51. The highest BCUT2D eigenvalue weighted by atomic mass is 35.5. The number of anilines is 2. The second-order valence-electron chi connectivity index (χ2n) is 4.37. The number of hydrogen-bond donors (Lipinski definition) is 2. The van der Waals surface area contributed by atoms with Gasteiger partial charge < -0.3 is 11.1 Å². The van der Waals surface area contributed by atoms with Crippen LogP contribution in [0.1, 0.15) is 16.7 Å². The number of nitrogens with two attached hydrogens (primary N) is 1. The third kappa shape index (κ3) is 3.62. The quantitative estimate of drug-likeness (QED) is 0.840. The number of nitrogens with zero attached hydrogens (tertiary/aromatic N) is 1. The van der Waals surface area contributed by atoms with Crippen LogP contribution in [0.3, 0.4) is 0 Å². The summed E-state index contributed by atoms with van der Waals surface area (Å²) in [6.45, 7) is 4.24. The van der Waals surface area contributed by atoms with Crippen molar-refractivity contribution in [2.75, 3.05) is 11.1 Å². The van der Waals surface area contributed by atoms with Crippen molar-refractivity contribution >= 4 is 34.4 Å². The van der Waals surface area contributed by atoms with E-state index in [1.807, 2.05) is 11.3 Å². The largest absolute Gasteiger partial charge is 0.399 e. The lowest BCUT2D eigenvalue weighted by Gasteiger charge is -2.14. The summed E-state index contributed by atoms with van der Waals surface area (Å²) < 4.78 is 0. The van der Waals surface area contributed by atoms with Gasteiger partial charge in [0.2, 0.25) is 0 Å². The van der Waals surface area contributed by atoms with Crippen LogP contribution in [0.5, 0.6) is 0 Å². The van der Waals surface area contributed by atoms with E-state index in [1.54, 1.807) is 12.1 Å². The Hall–Kier alpha value is -1.26. The van der Waals surface area contributed by atoms with Crippen LogP contribution in [0, 0.1) is 6.92 Å². The Labute approximate surface area is 116 Å². The molecule has 2 aromatic heterocycles. The Kier molecular flexibility index (Phi) is 4.09. The van der Waals surface area contributed by atoms with Crippen LogP contribution >= 0.6 is 22.9 Å². The predicted octanol–water partition coefficient (Wildman–Crippen LogP) is 3.73.